The summed E-state index contributed by atoms with van der Waals surface area (Å²) in [5.41, 5.74) is 6.66. The molecular formula is C11H13BrN2. The second-order valence-electron chi connectivity index (χ2n) is 3.35. The molecule has 0 aromatic heterocycles. The Morgan fingerprint density at radius 3 is 2.43 bits per heavy atom. The fourth-order valence-corrected chi connectivity index (χ4v) is 1.62. The Morgan fingerprint density at radius 1 is 1.43 bits per heavy atom. The standard InChI is InChI=1S/C11H13BrN2/c1-2-11(14,7-8-13)9-3-5-10(12)6-4-9/h3-6H,2,7,14H2,1H3. The van der Waals surface area contributed by atoms with E-state index in [1.54, 1.807) is 0 Å². The molecule has 0 heterocycles. The lowest BCUT2D eigenvalue weighted by Gasteiger charge is -2.25. The number of nitrogens with two attached hydrogens (primary N) is 1. The van der Waals surface area contributed by atoms with Gasteiger partial charge >= 0.3 is 0 Å². The zero-order chi connectivity index (χ0) is 10.6. The van der Waals surface area contributed by atoms with Crippen molar-refractivity contribution >= 4 is 15.9 Å². The zero-order valence-corrected chi connectivity index (χ0v) is 9.71. The molecule has 0 amide bonds. The maximum atomic E-state index is 8.71. The number of nitrogens with zero attached hydrogens (tertiary/aromatic N) is 1. The van der Waals surface area contributed by atoms with E-state index in [1.807, 2.05) is 31.2 Å². The van der Waals surface area contributed by atoms with Gasteiger partial charge in [-0.2, -0.15) is 5.26 Å². The van der Waals surface area contributed by atoms with Gasteiger partial charge in [-0.3, -0.25) is 0 Å². The smallest absolute Gasteiger partial charge is 0.0644 e. The Labute approximate surface area is 92.9 Å². The van der Waals surface area contributed by atoms with E-state index >= 15 is 0 Å². The van der Waals surface area contributed by atoms with Crippen LogP contribution in [0.2, 0.25) is 0 Å². The van der Waals surface area contributed by atoms with E-state index in [1.165, 1.54) is 0 Å². The fourth-order valence-electron chi connectivity index (χ4n) is 1.35. The lowest BCUT2D eigenvalue weighted by molar-refractivity contribution is 0.438. The van der Waals surface area contributed by atoms with E-state index in [0.717, 1.165) is 16.5 Å². The van der Waals surface area contributed by atoms with Crippen molar-refractivity contribution in [1.82, 2.24) is 0 Å². The van der Waals surface area contributed by atoms with Crippen LogP contribution in [-0.2, 0) is 5.54 Å². The highest BCUT2D eigenvalue weighted by Gasteiger charge is 2.24. The summed E-state index contributed by atoms with van der Waals surface area (Å²) in [6, 6.07) is 9.96. The molecule has 3 heteroatoms. The summed E-state index contributed by atoms with van der Waals surface area (Å²) in [7, 11) is 0. The minimum Gasteiger partial charge on any atom is -0.321 e. The van der Waals surface area contributed by atoms with Gasteiger partial charge in [0.1, 0.15) is 0 Å². The van der Waals surface area contributed by atoms with Gasteiger partial charge in [0.2, 0.25) is 0 Å². The highest BCUT2D eigenvalue weighted by Crippen LogP contribution is 2.26. The molecule has 2 N–H and O–H groups in total. The molecule has 0 radical (unpaired) electrons. The third kappa shape index (κ3) is 2.34. The first kappa shape index (κ1) is 11.2. The monoisotopic (exact) mass is 252 g/mol. The third-order valence-corrected chi connectivity index (χ3v) is 2.97. The molecule has 1 aromatic carbocycles. The highest BCUT2D eigenvalue weighted by molar-refractivity contribution is 9.10. The van der Waals surface area contributed by atoms with Crippen LogP contribution >= 0.6 is 15.9 Å². The molecular weight excluding hydrogens is 240 g/mol. The first-order valence-corrected chi connectivity index (χ1v) is 5.33. The highest BCUT2D eigenvalue weighted by atomic mass is 79.9. The summed E-state index contributed by atoms with van der Waals surface area (Å²) < 4.78 is 1.02. The summed E-state index contributed by atoms with van der Waals surface area (Å²) in [5.74, 6) is 0. The Kier molecular flexibility index (Phi) is 3.68. The van der Waals surface area contributed by atoms with Crippen molar-refractivity contribution in [2.24, 2.45) is 5.73 Å². The van der Waals surface area contributed by atoms with Crippen molar-refractivity contribution in [3.05, 3.63) is 34.3 Å². The molecule has 0 saturated heterocycles. The molecule has 0 aliphatic rings. The first-order chi connectivity index (χ1) is 6.62. The van der Waals surface area contributed by atoms with Crippen molar-refractivity contribution in [3.8, 4) is 6.07 Å². The SMILES string of the molecule is CCC(N)(CC#N)c1ccc(Br)cc1. The van der Waals surface area contributed by atoms with E-state index < -0.39 is 5.54 Å². The maximum Gasteiger partial charge on any atom is 0.0644 e. The van der Waals surface area contributed by atoms with Crippen LogP contribution in [-0.4, -0.2) is 0 Å². The average molecular weight is 253 g/mol. The van der Waals surface area contributed by atoms with Gasteiger partial charge < -0.3 is 5.73 Å². The Balaban J connectivity index is 3.01. The molecule has 0 aliphatic heterocycles. The van der Waals surface area contributed by atoms with Crippen LogP contribution in [0.1, 0.15) is 25.3 Å². The van der Waals surface area contributed by atoms with E-state index in [4.69, 9.17) is 11.0 Å². The summed E-state index contributed by atoms with van der Waals surface area (Å²) in [5, 5.41) is 8.71. The molecule has 74 valence electrons. The number of benzene rings is 1. The van der Waals surface area contributed by atoms with Crippen LogP contribution < -0.4 is 5.73 Å². The fraction of sp³-hybridized carbons (Fsp3) is 0.364. The topological polar surface area (TPSA) is 49.8 Å². The van der Waals surface area contributed by atoms with Crippen LogP contribution in [0.3, 0.4) is 0 Å². The van der Waals surface area contributed by atoms with Gasteiger partial charge in [-0.15, -0.1) is 0 Å². The average Bonchev–Trinajstić information content (AvgIpc) is 2.19. The van der Waals surface area contributed by atoms with Crippen molar-refractivity contribution in [3.63, 3.8) is 0 Å². The molecule has 1 rings (SSSR count). The largest absolute Gasteiger partial charge is 0.321 e. The third-order valence-electron chi connectivity index (χ3n) is 2.44. The Hall–Kier alpha value is -0.850. The van der Waals surface area contributed by atoms with Gasteiger partial charge in [-0.25, -0.2) is 0 Å². The van der Waals surface area contributed by atoms with E-state index in [9.17, 15) is 0 Å². The summed E-state index contributed by atoms with van der Waals surface area (Å²) in [4.78, 5) is 0. The number of hydrogen-bond donors (Lipinski definition) is 1. The molecule has 14 heavy (non-hydrogen) atoms. The predicted molar refractivity (Wildman–Crippen MR) is 60.5 cm³/mol. The molecule has 1 unspecified atom stereocenters. The number of halogens is 1. The molecule has 0 fully saturated rings. The molecule has 0 saturated carbocycles. The number of nitriles is 1. The summed E-state index contributed by atoms with van der Waals surface area (Å²) in [6.07, 6.45) is 1.12. The summed E-state index contributed by atoms with van der Waals surface area (Å²) >= 11 is 3.37. The second-order valence-corrected chi connectivity index (χ2v) is 4.27. The van der Waals surface area contributed by atoms with Crippen molar-refractivity contribution in [1.29, 1.82) is 5.26 Å². The van der Waals surface area contributed by atoms with Crippen LogP contribution in [0.5, 0.6) is 0 Å². The van der Waals surface area contributed by atoms with Crippen LogP contribution in [0, 0.1) is 11.3 Å². The van der Waals surface area contributed by atoms with Crippen LogP contribution in [0.25, 0.3) is 0 Å². The van der Waals surface area contributed by atoms with E-state index in [0.29, 0.717) is 6.42 Å². The quantitative estimate of drug-likeness (QED) is 0.900. The molecule has 0 aliphatic carbocycles. The van der Waals surface area contributed by atoms with Gasteiger partial charge in [0.15, 0.2) is 0 Å². The Morgan fingerprint density at radius 2 is 2.00 bits per heavy atom. The molecule has 0 bridgehead atoms. The van der Waals surface area contributed by atoms with Crippen LogP contribution in [0.15, 0.2) is 28.7 Å². The predicted octanol–water partition coefficient (Wildman–Crippen LogP) is 2.93. The minimum atomic E-state index is -0.505. The zero-order valence-electron chi connectivity index (χ0n) is 8.13. The molecule has 2 nitrogen and oxygen atoms in total. The molecule has 0 spiro atoms. The van der Waals surface area contributed by atoms with Crippen LogP contribution in [0.4, 0.5) is 0 Å². The normalized spacial score (nSPS) is 14.4. The van der Waals surface area contributed by atoms with Crippen molar-refractivity contribution in [2.45, 2.75) is 25.3 Å². The second kappa shape index (κ2) is 4.59. The lowest BCUT2D eigenvalue weighted by atomic mass is 9.86. The van der Waals surface area contributed by atoms with Gasteiger partial charge in [0.25, 0.3) is 0 Å². The van der Waals surface area contributed by atoms with Crippen molar-refractivity contribution in [2.75, 3.05) is 0 Å². The van der Waals surface area contributed by atoms with Crippen molar-refractivity contribution < 1.29 is 0 Å². The van der Waals surface area contributed by atoms with Gasteiger partial charge in [-0.1, -0.05) is 35.0 Å². The van der Waals surface area contributed by atoms with E-state index in [-0.39, 0.29) is 0 Å². The first-order valence-electron chi connectivity index (χ1n) is 4.54. The summed E-state index contributed by atoms with van der Waals surface area (Å²) in [6.45, 7) is 2.00. The number of rotatable bonds is 3. The van der Waals surface area contributed by atoms with Gasteiger partial charge in [0, 0.05) is 4.47 Å². The van der Waals surface area contributed by atoms with Gasteiger partial charge in [-0.05, 0) is 24.1 Å². The van der Waals surface area contributed by atoms with E-state index in [2.05, 4.69) is 22.0 Å². The molecule has 1 aromatic rings. The molecule has 1 atom stereocenters. The van der Waals surface area contributed by atoms with Gasteiger partial charge in [0.05, 0.1) is 18.0 Å². The number of hydrogen-bond acceptors (Lipinski definition) is 2. The Bertz CT molecular complexity index is 339. The minimum absolute atomic E-state index is 0.352. The maximum absolute atomic E-state index is 8.71. The lowest BCUT2D eigenvalue weighted by Crippen LogP contribution is -2.35.